The molecule has 0 radical (unpaired) electrons. The molecule has 0 unspecified atom stereocenters. The zero-order valence-electron chi connectivity index (χ0n) is 12.9. The van der Waals surface area contributed by atoms with E-state index < -0.39 is 11.9 Å². The van der Waals surface area contributed by atoms with Crippen LogP contribution >= 0.6 is 0 Å². The number of nitrogens with zero attached hydrogens (tertiary/aromatic N) is 1. The number of carbonyl (C=O) groups is 2. The average molecular weight is 330 g/mol. The van der Waals surface area contributed by atoms with Crippen LogP contribution in [0.25, 0.3) is 11.3 Å². The first kappa shape index (κ1) is 17.3. The molecule has 2 heterocycles. The Kier molecular flexibility index (Phi) is 5.75. The van der Waals surface area contributed by atoms with Gasteiger partial charge in [-0.1, -0.05) is 12.1 Å². The molecule has 0 fully saturated rings. The Morgan fingerprint density at radius 3 is 2.46 bits per heavy atom. The molecule has 0 amide bonds. The predicted molar refractivity (Wildman–Crippen MR) is 87.7 cm³/mol. The van der Waals surface area contributed by atoms with Crippen LogP contribution in [0, 0.1) is 0 Å². The largest absolute Gasteiger partial charge is 0.488 e. The molecule has 7 heteroatoms. The predicted octanol–water partition coefficient (Wildman–Crippen LogP) is 1.72. The van der Waals surface area contributed by atoms with E-state index in [9.17, 15) is 9.59 Å². The first-order chi connectivity index (χ1) is 11.5. The van der Waals surface area contributed by atoms with Gasteiger partial charge in [-0.15, -0.1) is 0 Å². The number of hydrogen-bond acceptors (Lipinski definition) is 4. The van der Waals surface area contributed by atoms with Crippen molar-refractivity contribution < 1.29 is 24.5 Å². The van der Waals surface area contributed by atoms with E-state index in [2.05, 4.69) is 22.9 Å². The molecule has 4 N–H and O–H groups in total. The summed E-state index contributed by atoms with van der Waals surface area (Å²) in [4.78, 5) is 19.1. The van der Waals surface area contributed by atoms with Gasteiger partial charge in [0.2, 0.25) is 0 Å². The van der Waals surface area contributed by atoms with Crippen molar-refractivity contribution in [3.63, 3.8) is 0 Å². The second-order valence-corrected chi connectivity index (χ2v) is 4.97. The van der Waals surface area contributed by atoms with Crippen LogP contribution in [0.15, 0.2) is 48.7 Å². The van der Waals surface area contributed by atoms with Gasteiger partial charge in [0.25, 0.3) is 0 Å². The Labute approximate surface area is 138 Å². The molecule has 0 saturated carbocycles. The highest BCUT2D eigenvalue weighted by molar-refractivity contribution is 5.89. The molecule has 1 aromatic heterocycles. The Balaban J connectivity index is 0.000000224. The molecule has 1 aliphatic rings. The molecule has 3 rings (SSSR count). The van der Waals surface area contributed by atoms with E-state index >= 15 is 0 Å². The third kappa shape index (κ3) is 4.23. The minimum atomic E-state index is -1.26. The van der Waals surface area contributed by atoms with Crippen molar-refractivity contribution >= 4 is 11.9 Å². The number of fused-ring (bicyclic) bond motifs is 3. The van der Waals surface area contributed by atoms with E-state index in [4.69, 9.17) is 20.7 Å². The fourth-order valence-electron chi connectivity index (χ4n) is 2.37. The smallest absolute Gasteiger partial charge is 0.328 e. The van der Waals surface area contributed by atoms with Crippen molar-refractivity contribution in [2.24, 2.45) is 5.73 Å². The number of carboxylic acid groups (broad SMARTS) is 2. The van der Waals surface area contributed by atoms with Crippen molar-refractivity contribution in [1.82, 2.24) is 4.57 Å². The van der Waals surface area contributed by atoms with Gasteiger partial charge in [0, 0.05) is 42.6 Å². The molecule has 24 heavy (non-hydrogen) atoms. The first-order valence-corrected chi connectivity index (χ1v) is 7.27. The van der Waals surface area contributed by atoms with Gasteiger partial charge in [0.15, 0.2) is 0 Å². The quantitative estimate of drug-likeness (QED) is 0.735. The van der Waals surface area contributed by atoms with E-state index in [1.54, 1.807) is 0 Å². The van der Waals surface area contributed by atoms with E-state index in [1.807, 2.05) is 18.2 Å². The molecule has 0 bridgehead atoms. The van der Waals surface area contributed by atoms with Gasteiger partial charge in [0.05, 0.1) is 5.69 Å². The van der Waals surface area contributed by atoms with Gasteiger partial charge in [-0.25, -0.2) is 9.59 Å². The molecule has 126 valence electrons. The Morgan fingerprint density at radius 2 is 1.83 bits per heavy atom. The topological polar surface area (TPSA) is 115 Å². The molecular weight excluding hydrogens is 312 g/mol. The highest BCUT2D eigenvalue weighted by Crippen LogP contribution is 2.37. The number of hydrogen-bond donors (Lipinski definition) is 3. The van der Waals surface area contributed by atoms with E-state index in [1.165, 1.54) is 16.8 Å². The number of benzene rings is 1. The van der Waals surface area contributed by atoms with Gasteiger partial charge in [-0.3, -0.25) is 0 Å². The summed E-state index contributed by atoms with van der Waals surface area (Å²) in [5, 5.41) is 15.6. The molecule has 1 aromatic carbocycles. The minimum absolute atomic E-state index is 0.558. The fraction of sp³-hybridized carbons (Fsp3) is 0.176. The summed E-state index contributed by atoms with van der Waals surface area (Å²) in [5.41, 5.74) is 9.29. The summed E-state index contributed by atoms with van der Waals surface area (Å²) in [5.74, 6) is -1.55. The van der Waals surface area contributed by atoms with Crippen LogP contribution in [0.1, 0.15) is 5.56 Å². The summed E-state index contributed by atoms with van der Waals surface area (Å²) in [6.07, 6.45) is 3.20. The van der Waals surface area contributed by atoms with Crippen LogP contribution in [0.4, 0.5) is 0 Å². The van der Waals surface area contributed by atoms with Crippen LogP contribution in [0.5, 0.6) is 5.75 Å². The maximum atomic E-state index is 9.55. The standard InChI is InChI=1S/C13H14N2O.C4H4O4/c14-6-8-15-7-5-10-9-16-12-4-2-1-3-11(12)13(10)15;5-3(6)1-2-4(7)8/h1-5,7H,6,8-9,14H2;1-2H,(H,5,6)(H,7,8). The lowest BCUT2D eigenvalue weighted by atomic mass is 10.0. The van der Waals surface area contributed by atoms with E-state index in [0.717, 1.165) is 12.3 Å². The lowest BCUT2D eigenvalue weighted by molar-refractivity contribution is -0.134. The second kappa shape index (κ2) is 7.98. The van der Waals surface area contributed by atoms with Crippen LogP contribution in [0.3, 0.4) is 0 Å². The Hall–Kier alpha value is -3.06. The number of ether oxygens (including phenoxy) is 1. The molecule has 7 nitrogen and oxygen atoms in total. The Morgan fingerprint density at radius 1 is 1.17 bits per heavy atom. The maximum absolute atomic E-state index is 9.55. The molecule has 0 atom stereocenters. The van der Waals surface area contributed by atoms with Crippen molar-refractivity contribution in [3.8, 4) is 17.0 Å². The van der Waals surface area contributed by atoms with Gasteiger partial charge in [-0.2, -0.15) is 0 Å². The third-order valence-corrected chi connectivity index (χ3v) is 3.31. The number of aromatic nitrogens is 1. The summed E-state index contributed by atoms with van der Waals surface area (Å²) in [6, 6.07) is 10.3. The summed E-state index contributed by atoms with van der Waals surface area (Å²) in [6.45, 7) is 2.16. The molecule has 2 aromatic rings. The number of nitrogens with two attached hydrogens (primary N) is 1. The van der Waals surface area contributed by atoms with Crippen LogP contribution in [-0.4, -0.2) is 33.3 Å². The normalized spacial score (nSPS) is 11.7. The van der Waals surface area contributed by atoms with E-state index in [-0.39, 0.29) is 0 Å². The van der Waals surface area contributed by atoms with Crippen LogP contribution < -0.4 is 10.5 Å². The Bertz CT molecular complexity index is 748. The zero-order valence-corrected chi connectivity index (χ0v) is 12.9. The molecule has 0 spiro atoms. The van der Waals surface area contributed by atoms with Gasteiger partial charge >= 0.3 is 11.9 Å². The lowest BCUT2D eigenvalue weighted by Gasteiger charge is -2.20. The molecule has 0 saturated heterocycles. The SMILES string of the molecule is NCCn1ccc2c1-c1ccccc1OC2.O=C(O)C=CC(=O)O. The van der Waals surface area contributed by atoms with Crippen molar-refractivity contribution in [1.29, 1.82) is 0 Å². The third-order valence-electron chi connectivity index (χ3n) is 3.31. The number of para-hydroxylation sites is 1. The van der Waals surface area contributed by atoms with Crippen LogP contribution in [-0.2, 0) is 22.7 Å². The monoisotopic (exact) mass is 330 g/mol. The fourth-order valence-corrected chi connectivity index (χ4v) is 2.37. The second-order valence-electron chi connectivity index (χ2n) is 4.97. The summed E-state index contributed by atoms with van der Waals surface area (Å²) in [7, 11) is 0. The van der Waals surface area contributed by atoms with Crippen molar-refractivity contribution in [2.75, 3.05) is 6.54 Å². The maximum Gasteiger partial charge on any atom is 0.328 e. The molecular formula is C17H18N2O5. The van der Waals surface area contributed by atoms with Crippen molar-refractivity contribution in [2.45, 2.75) is 13.2 Å². The van der Waals surface area contributed by atoms with E-state index in [0.29, 0.717) is 25.3 Å². The highest BCUT2D eigenvalue weighted by Gasteiger charge is 2.19. The molecule has 0 aliphatic carbocycles. The lowest BCUT2D eigenvalue weighted by Crippen LogP contribution is -2.12. The minimum Gasteiger partial charge on any atom is -0.488 e. The number of aliphatic carboxylic acids is 2. The number of carboxylic acids is 2. The van der Waals surface area contributed by atoms with Gasteiger partial charge in [0.1, 0.15) is 12.4 Å². The summed E-state index contributed by atoms with van der Waals surface area (Å²) < 4.78 is 7.90. The van der Waals surface area contributed by atoms with Gasteiger partial charge in [-0.05, 0) is 18.2 Å². The first-order valence-electron chi connectivity index (χ1n) is 7.27. The van der Waals surface area contributed by atoms with Crippen LogP contribution in [0.2, 0.25) is 0 Å². The average Bonchev–Trinajstić information content (AvgIpc) is 2.97. The van der Waals surface area contributed by atoms with Gasteiger partial charge < -0.3 is 25.3 Å². The number of rotatable bonds is 4. The summed E-state index contributed by atoms with van der Waals surface area (Å²) >= 11 is 0. The zero-order chi connectivity index (χ0) is 17.5. The molecule has 1 aliphatic heterocycles. The van der Waals surface area contributed by atoms with Crippen molar-refractivity contribution in [3.05, 3.63) is 54.2 Å². The highest BCUT2D eigenvalue weighted by atomic mass is 16.5.